The number of nitrogens with one attached hydrogen (secondary N) is 1. The average Bonchev–Trinajstić information content (AvgIpc) is 2.29. The van der Waals surface area contributed by atoms with E-state index in [2.05, 4.69) is 21.2 Å². The predicted molar refractivity (Wildman–Crippen MR) is 73.7 cm³/mol. The van der Waals surface area contributed by atoms with Crippen molar-refractivity contribution in [2.24, 2.45) is 0 Å². The van der Waals surface area contributed by atoms with Gasteiger partial charge in [-0.1, -0.05) is 12.1 Å². The van der Waals surface area contributed by atoms with Gasteiger partial charge in [-0.3, -0.25) is 9.59 Å². The monoisotopic (exact) mass is 349 g/mol. The van der Waals surface area contributed by atoms with E-state index in [9.17, 15) is 18.0 Å². The second-order valence-corrected chi connectivity index (χ2v) is 6.80. The Morgan fingerprint density at radius 1 is 1.26 bits per heavy atom. The molecule has 0 saturated carbocycles. The lowest BCUT2D eigenvalue weighted by atomic mass is 10.3. The van der Waals surface area contributed by atoms with Crippen molar-refractivity contribution in [3.05, 3.63) is 28.7 Å². The van der Waals surface area contributed by atoms with Gasteiger partial charge in [0, 0.05) is 4.47 Å². The highest BCUT2D eigenvalue weighted by molar-refractivity contribution is 9.10. The summed E-state index contributed by atoms with van der Waals surface area (Å²) in [5, 5.41) is 10.9. The summed E-state index contributed by atoms with van der Waals surface area (Å²) in [6, 6.07) is 6.77. The number of hydrogen-bond donors (Lipinski definition) is 2. The molecule has 0 aliphatic carbocycles. The fourth-order valence-electron chi connectivity index (χ4n) is 1.26. The van der Waals surface area contributed by atoms with Crippen LogP contribution in [0, 0.1) is 0 Å². The van der Waals surface area contributed by atoms with Gasteiger partial charge in [0.15, 0.2) is 9.84 Å². The van der Waals surface area contributed by atoms with Crippen LogP contribution in [0.15, 0.2) is 28.7 Å². The highest BCUT2D eigenvalue weighted by Gasteiger charge is 2.18. The number of hydrogen-bond acceptors (Lipinski definition) is 4. The van der Waals surface area contributed by atoms with E-state index in [1.54, 1.807) is 24.3 Å². The number of carbonyl (C=O) groups excluding carboxylic acids is 1. The molecule has 0 unspecified atom stereocenters. The van der Waals surface area contributed by atoms with Crippen LogP contribution in [0.3, 0.4) is 0 Å². The number of amides is 1. The van der Waals surface area contributed by atoms with Gasteiger partial charge in [0.2, 0.25) is 5.91 Å². The molecular weight excluding hydrogens is 338 g/mol. The summed E-state index contributed by atoms with van der Waals surface area (Å²) in [4.78, 5) is 21.9. The van der Waals surface area contributed by atoms with Gasteiger partial charge in [-0.25, -0.2) is 8.42 Å². The van der Waals surface area contributed by atoms with Gasteiger partial charge in [0.1, 0.15) is 5.75 Å². The largest absolute Gasteiger partial charge is 0.481 e. The van der Waals surface area contributed by atoms with Crippen LogP contribution in [0.4, 0.5) is 5.69 Å². The zero-order valence-electron chi connectivity index (χ0n) is 9.80. The Balaban J connectivity index is 2.61. The summed E-state index contributed by atoms with van der Waals surface area (Å²) in [6.07, 6.45) is -0.509. The Hall–Kier alpha value is -1.41. The maximum absolute atomic E-state index is 11.6. The van der Waals surface area contributed by atoms with E-state index in [0.29, 0.717) is 10.2 Å². The highest BCUT2D eigenvalue weighted by atomic mass is 79.9. The quantitative estimate of drug-likeness (QED) is 0.805. The Bertz CT molecular complexity index is 585. The summed E-state index contributed by atoms with van der Waals surface area (Å²) in [5.74, 6) is -3.19. The van der Waals surface area contributed by atoms with Crippen molar-refractivity contribution in [3.8, 4) is 0 Å². The molecule has 0 saturated heterocycles. The molecule has 0 aliphatic heterocycles. The zero-order chi connectivity index (χ0) is 14.5. The summed E-state index contributed by atoms with van der Waals surface area (Å²) in [5.41, 5.74) is 0.459. The van der Waals surface area contributed by atoms with E-state index in [4.69, 9.17) is 5.11 Å². The molecule has 8 heteroatoms. The van der Waals surface area contributed by atoms with Crippen molar-refractivity contribution in [1.29, 1.82) is 0 Å². The van der Waals surface area contributed by atoms with Gasteiger partial charge < -0.3 is 10.4 Å². The first-order valence-electron chi connectivity index (χ1n) is 5.27. The fourth-order valence-corrected chi connectivity index (χ4v) is 2.75. The fraction of sp³-hybridized carbons (Fsp3) is 0.273. The lowest BCUT2D eigenvalue weighted by Crippen LogP contribution is -2.25. The number of sulfone groups is 1. The lowest BCUT2D eigenvalue weighted by molar-refractivity contribution is -0.136. The molecule has 0 aromatic heterocycles. The van der Waals surface area contributed by atoms with Crippen LogP contribution >= 0.6 is 15.9 Å². The molecule has 0 bridgehead atoms. The first-order chi connectivity index (χ1) is 8.80. The number of rotatable bonds is 6. The molecule has 1 amide bonds. The molecule has 0 spiro atoms. The third-order valence-electron chi connectivity index (χ3n) is 2.13. The third kappa shape index (κ3) is 5.84. The molecule has 2 N–H and O–H groups in total. The van der Waals surface area contributed by atoms with Crippen LogP contribution < -0.4 is 5.32 Å². The van der Waals surface area contributed by atoms with Gasteiger partial charge in [-0.2, -0.15) is 0 Å². The highest BCUT2D eigenvalue weighted by Crippen LogP contribution is 2.21. The number of halogens is 1. The second-order valence-electron chi connectivity index (χ2n) is 3.76. The van der Waals surface area contributed by atoms with Gasteiger partial charge in [0.05, 0.1) is 17.9 Å². The number of aliphatic carboxylic acids is 1. The van der Waals surface area contributed by atoms with E-state index < -0.39 is 39.6 Å². The number of carboxylic acid groups (broad SMARTS) is 1. The van der Waals surface area contributed by atoms with Gasteiger partial charge in [-0.05, 0) is 28.1 Å². The van der Waals surface area contributed by atoms with Crippen LogP contribution in [0.5, 0.6) is 0 Å². The van der Waals surface area contributed by atoms with Crippen LogP contribution in [0.1, 0.15) is 6.42 Å². The smallest absolute Gasteiger partial charge is 0.304 e. The first kappa shape index (κ1) is 15.6. The Morgan fingerprint density at radius 2 is 1.89 bits per heavy atom. The van der Waals surface area contributed by atoms with Crippen LogP contribution in [0.2, 0.25) is 0 Å². The van der Waals surface area contributed by atoms with E-state index in [0.717, 1.165) is 0 Å². The summed E-state index contributed by atoms with van der Waals surface area (Å²) in [6.45, 7) is 0. The molecule has 19 heavy (non-hydrogen) atoms. The lowest BCUT2D eigenvalue weighted by Gasteiger charge is -2.07. The molecule has 0 atom stereocenters. The SMILES string of the molecule is O=C(O)CCS(=O)(=O)CC(=O)Nc1ccccc1Br. The molecule has 1 aromatic rings. The van der Waals surface area contributed by atoms with Crippen molar-refractivity contribution >= 4 is 43.3 Å². The second kappa shape index (κ2) is 6.67. The zero-order valence-corrected chi connectivity index (χ0v) is 12.2. The van der Waals surface area contributed by atoms with E-state index >= 15 is 0 Å². The van der Waals surface area contributed by atoms with Crippen molar-refractivity contribution in [2.45, 2.75) is 6.42 Å². The normalized spacial score (nSPS) is 11.0. The average molecular weight is 350 g/mol. The predicted octanol–water partition coefficient (Wildman–Crippen LogP) is 1.28. The molecule has 1 aromatic carbocycles. The molecule has 6 nitrogen and oxygen atoms in total. The van der Waals surface area contributed by atoms with Crippen LogP contribution in [-0.2, 0) is 19.4 Å². The first-order valence-corrected chi connectivity index (χ1v) is 7.88. The maximum atomic E-state index is 11.6. The molecule has 1 rings (SSSR count). The Labute approximate surface area is 118 Å². The molecule has 0 fully saturated rings. The number of para-hydroxylation sites is 1. The van der Waals surface area contributed by atoms with E-state index in [1.807, 2.05) is 0 Å². The van der Waals surface area contributed by atoms with Crippen molar-refractivity contribution < 1.29 is 23.1 Å². The van der Waals surface area contributed by atoms with Crippen LogP contribution in [-0.4, -0.2) is 36.9 Å². The van der Waals surface area contributed by atoms with Crippen molar-refractivity contribution in [2.75, 3.05) is 16.8 Å². The molecule has 104 valence electrons. The minimum Gasteiger partial charge on any atom is -0.481 e. The maximum Gasteiger partial charge on any atom is 0.304 e. The van der Waals surface area contributed by atoms with Gasteiger partial charge in [0.25, 0.3) is 0 Å². The summed E-state index contributed by atoms with van der Waals surface area (Å²) in [7, 11) is -3.72. The van der Waals surface area contributed by atoms with Crippen LogP contribution in [0.25, 0.3) is 0 Å². The topological polar surface area (TPSA) is 101 Å². The third-order valence-corrected chi connectivity index (χ3v) is 4.35. The number of carbonyl (C=O) groups is 2. The van der Waals surface area contributed by atoms with Crippen molar-refractivity contribution in [1.82, 2.24) is 0 Å². The van der Waals surface area contributed by atoms with Gasteiger partial charge in [-0.15, -0.1) is 0 Å². The van der Waals surface area contributed by atoms with E-state index in [-0.39, 0.29) is 0 Å². The Morgan fingerprint density at radius 3 is 2.47 bits per heavy atom. The molecule has 0 aliphatic rings. The minimum absolute atomic E-state index is 0.459. The number of benzene rings is 1. The standard InChI is InChI=1S/C11H12BrNO5S/c12-8-3-1-2-4-9(8)13-10(14)7-19(17,18)6-5-11(15)16/h1-4H,5-7H2,(H,13,14)(H,15,16). The summed E-state index contributed by atoms with van der Waals surface area (Å²) < 4.78 is 23.6. The molecular formula is C11H12BrNO5S. The number of anilines is 1. The Kier molecular flexibility index (Phi) is 5.49. The van der Waals surface area contributed by atoms with E-state index in [1.165, 1.54) is 0 Å². The van der Waals surface area contributed by atoms with Crippen molar-refractivity contribution in [3.63, 3.8) is 0 Å². The molecule has 0 radical (unpaired) electrons. The molecule has 0 heterocycles. The number of carboxylic acids is 1. The summed E-state index contributed by atoms with van der Waals surface area (Å²) >= 11 is 3.21. The van der Waals surface area contributed by atoms with Gasteiger partial charge >= 0.3 is 5.97 Å². The minimum atomic E-state index is -3.72.